The van der Waals surface area contributed by atoms with Gasteiger partial charge in [-0.15, -0.1) is 0 Å². The van der Waals surface area contributed by atoms with Gasteiger partial charge < -0.3 is 9.84 Å². The van der Waals surface area contributed by atoms with Gasteiger partial charge in [0.1, 0.15) is 0 Å². The third-order valence-corrected chi connectivity index (χ3v) is 5.17. The molecule has 0 unspecified atom stereocenters. The molecule has 2 nitrogen and oxygen atoms in total. The molecule has 1 aromatic carbocycles. The Bertz CT molecular complexity index is 341. The molecular weight excluding hydrogens is 327 g/mol. The fourth-order valence-corrected chi connectivity index (χ4v) is 3.68. The number of hydrogen-bond donors (Lipinski definition) is 1. The summed E-state index contributed by atoms with van der Waals surface area (Å²) in [6.07, 6.45) is 0.696. The van der Waals surface area contributed by atoms with Crippen LogP contribution in [0.2, 0.25) is 0 Å². The van der Waals surface area contributed by atoms with Crippen molar-refractivity contribution in [2.45, 2.75) is 30.0 Å². The number of ether oxygens (including phenoxy) is 1. The van der Waals surface area contributed by atoms with Crippen molar-refractivity contribution < 1.29 is 9.84 Å². The topological polar surface area (TPSA) is 29.5 Å². The van der Waals surface area contributed by atoms with Crippen LogP contribution in [0.15, 0.2) is 30.3 Å². The average Bonchev–Trinajstić information content (AvgIpc) is 3.00. The van der Waals surface area contributed by atoms with Crippen molar-refractivity contribution in [3.63, 3.8) is 0 Å². The maximum atomic E-state index is 9.79. The highest BCUT2D eigenvalue weighted by Gasteiger charge is 2.51. The predicted molar refractivity (Wildman–Crippen MR) is 77.2 cm³/mol. The Morgan fingerprint density at radius 3 is 2.71 bits per heavy atom. The van der Waals surface area contributed by atoms with Crippen molar-refractivity contribution in [1.82, 2.24) is 0 Å². The maximum Gasteiger partial charge on any atom is 0.0717 e. The highest BCUT2D eigenvalue weighted by Crippen LogP contribution is 2.48. The van der Waals surface area contributed by atoms with Gasteiger partial charge >= 0.3 is 0 Å². The third kappa shape index (κ3) is 3.42. The normalized spacial score (nSPS) is 29.0. The second-order valence-corrected chi connectivity index (χ2v) is 6.10. The zero-order valence-corrected chi connectivity index (χ0v) is 12.2. The van der Waals surface area contributed by atoms with E-state index in [0.29, 0.717) is 22.4 Å². The SMILES string of the molecule is CC[C@H](O)[C@H]1[C@@H](I)[C@H]1COCc1ccccc1. The van der Waals surface area contributed by atoms with Gasteiger partial charge in [-0.05, 0) is 12.0 Å². The Labute approximate surface area is 117 Å². The van der Waals surface area contributed by atoms with Crippen LogP contribution in [0.1, 0.15) is 18.9 Å². The molecule has 0 bridgehead atoms. The molecule has 1 aliphatic carbocycles. The van der Waals surface area contributed by atoms with Gasteiger partial charge in [0.25, 0.3) is 0 Å². The lowest BCUT2D eigenvalue weighted by molar-refractivity contribution is 0.0891. The standard InChI is InChI=1S/C14H19IO2/c1-2-12(16)13-11(14(13)15)9-17-8-10-6-4-3-5-7-10/h3-7,11-14,16H,2,8-9H2,1H3/t11-,12-,13-,14-/m0/s1. The number of rotatable bonds is 6. The maximum absolute atomic E-state index is 9.79. The molecule has 1 aliphatic rings. The van der Waals surface area contributed by atoms with Gasteiger partial charge in [-0.1, -0.05) is 59.8 Å². The van der Waals surface area contributed by atoms with Gasteiger partial charge in [0.05, 0.1) is 19.3 Å². The largest absolute Gasteiger partial charge is 0.393 e. The number of aliphatic hydroxyl groups excluding tert-OH is 1. The lowest BCUT2D eigenvalue weighted by Gasteiger charge is -2.07. The minimum absolute atomic E-state index is 0.151. The lowest BCUT2D eigenvalue weighted by Crippen LogP contribution is -2.11. The van der Waals surface area contributed by atoms with Crippen molar-refractivity contribution in [2.75, 3.05) is 6.61 Å². The van der Waals surface area contributed by atoms with Crippen LogP contribution >= 0.6 is 22.6 Å². The highest BCUT2D eigenvalue weighted by molar-refractivity contribution is 14.1. The van der Waals surface area contributed by atoms with E-state index in [9.17, 15) is 5.11 Å². The molecule has 17 heavy (non-hydrogen) atoms. The average molecular weight is 346 g/mol. The van der Waals surface area contributed by atoms with Crippen LogP contribution in [0.5, 0.6) is 0 Å². The van der Waals surface area contributed by atoms with Crippen LogP contribution in [0.3, 0.4) is 0 Å². The molecule has 1 saturated carbocycles. The molecule has 1 aromatic rings. The zero-order chi connectivity index (χ0) is 12.3. The monoisotopic (exact) mass is 346 g/mol. The second kappa shape index (κ2) is 6.16. The summed E-state index contributed by atoms with van der Waals surface area (Å²) in [7, 11) is 0. The minimum Gasteiger partial charge on any atom is -0.393 e. The lowest BCUT2D eigenvalue weighted by atomic mass is 10.1. The molecule has 3 heteroatoms. The van der Waals surface area contributed by atoms with Crippen LogP contribution in [0, 0.1) is 11.8 Å². The van der Waals surface area contributed by atoms with E-state index in [1.165, 1.54) is 5.56 Å². The summed E-state index contributed by atoms with van der Waals surface area (Å²) < 4.78 is 6.30. The molecule has 2 rings (SSSR count). The summed E-state index contributed by atoms with van der Waals surface area (Å²) in [5, 5.41) is 9.79. The molecular formula is C14H19IO2. The Kier molecular flexibility index (Phi) is 4.82. The molecule has 4 atom stereocenters. The van der Waals surface area contributed by atoms with Crippen molar-refractivity contribution in [3.05, 3.63) is 35.9 Å². The van der Waals surface area contributed by atoms with Crippen molar-refractivity contribution >= 4 is 22.6 Å². The fourth-order valence-electron chi connectivity index (χ4n) is 2.22. The van der Waals surface area contributed by atoms with Gasteiger partial charge in [0.15, 0.2) is 0 Å². The summed E-state index contributed by atoms with van der Waals surface area (Å²) in [5.41, 5.74) is 1.21. The summed E-state index contributed by atoms with van der Waals surface area (Å²) >= 11 is 2.43. The number of halogens is 1. The predicted octanol–water partition coefficient (Wildman–Crippen LogP) is 3.02. The first kappa shape index (κ1) is 13.3. The Balaban J connectivity index is 1.70. The van der Waals surface area contributed by atoms with E-state index in [4.69, 9.17) is 4.74 Å². The number of alkyl halides is 1. The van der Waals surface area contributed by atoms with Crippen LogP contribution in [0.4, 0.5) is 0 Å². The molecule has 0 heterocycles. The van der Waals surface area contributed by atoms with Crippen molar-refractivity contribution in [2.24, 2.45) is 11.8 Å². The smallest absolute Gasteiger partial charge is 0.0717 e. The van der Waals surface area contributed by atoms with E-state index in [1.807, 2.05) is 25.1 Å². The van der Waals surface area contributed by atoms with E-state index in [2.05, 4.69) is 34.7 Å². The number of aliphatic hydroxyl groups is 1. The molecule has 0 aliphatic heterocycles. The van der Waals surface area contributed by atoms with Gasteiger partial charge in [-0.2, -0.15) is 0 Å². The first-order valence-corrected chi connectivity index (χ1v) is 7.42. The number of benzene rings is 1. The quantitative estimate of drug-likeness (QED) is 0.634. The van der Waals surface area contributed by atoms with Crippen LogP contribution in [-0.2, 0) is 11.3 Å². The van der Waals surface area contributed by atoms with E-state index < -0.39 is 0 Å². The minimum atomic E-state index is -0.151. The number of hydrogen-bond acceptors (Lipinski definition) is 2. The van der Waals surface area contributed by atoms with Gasteiger partial charge in [-0.25, -0.2) is 0 Å². The third-order valence-electron chi connectivity index (χ3n) is 3.41. The van der Waals surface area contributed by atoms with Crippen LogP contribution in [-0.4, -0.2) is 21.7 Å². The molecule has 0 amide bonds. The molecule has 94 valence electrons. The molecule has 0 spiro atoms. The fraction of sp³-hybridized carbons (Fsp3) is 0.571. The first-order valence-electron chi connectivity index (χ1n) is 6.17. The Morgan fingerprint density at radius 1 is 1.35 bits per heavy atom. The molecule has 0 saturated heterocycles. The molecule has 0 radical (unpaired) electrons. The zero-order valence-electron chi connectivity index (χ0n) is 10.1. The van der Waals surface area contributed by atoms with E-state index in [-0.39, 0.29) is 6.10 Å². The van der Waals surface area contributed by atoms with Gasteiger partial charge in [0, 0.05) is 15.8 Å². The van der Waals surface area contributed by atoms with Crippen LogP contribution < -0.4 is 0 Å². The van der Waals surface area contributed by atoms with Gasteiger partial charge in [-0.3, -0.25) is 0 Å². The Morgan fingerprint density at radius 2 is 2.06 bits per heavy atom. The summed E-state index contributed by atoms with van der Waals surface area (Å²) in [4.78, 5) is 0. The summed E-state index contributed by atoms with van der Waals surface area (Å²) in [6, 6.07) is 10.2. The van der Waals surface area contributed by atoms with Gasteiger partial charge in [0.2, 0.25) is 0 Å². The van der Waals surface area contributed by atoms with Crippen molar-refractivity contribution in [3.8, 4) is 0 Å². The Hall–Kier alpha value is -0.130. The molecule has 0 aromatic heterocycles. The van der Waals surface area contributed by atoms with E-state index in [1.54, 1.807) is 0 Å². The highest BCUT2D eigenvalue weighted by atomic mass is 127. The summed E-state index contributed by atoms with van der Waals surface area (Å²) in [5.74, 6) is 0.977. The second-order valence-electron chi connectivity index (χ2n) is 4.66. The van der Waals surface area contributed by atoms with E-state index in [0.717, 1.165) is 13.0 Å². The summed E-state index contributed by atoms with van der Waals surface area (Å²) in [6.45, 7) is 3.48. The van der Waals surface area contributed by atoms with E-state index >= 15 is 0 Å². The van der Waals surface area contributed by atoms with Crippen molar-refractivity contribution in [1.29, 1.82) is 0 Å². The van der Waals surface area contributed by atoms with Crippen LogP contribution in [0.25, 0.3) is 0 Å². The first-order chi connectivity index (χ1) is 8.24. The molecule has 1 fully saturated rings. The molecule has 1 N–H and O–H groups in total.